The summed E-state index contributed by atoms with van der Waals surface area (Å²) < 4.78 is 0. The van der Waals surface area contributed by atoms with Crippen molar-refractivity contribution >= 4 is 30.7 Å². The van der Waals surface area contributed by atoms with Gasteiger partial charge in [0, 0.05) is 25.0 Å². The molecule has 1 aromatic rings. The molecule has 2 aliphatic rings. The number of likely N-dealkylation sites (tertiary alicyclic amines) is 1. The largest absolute Gasteiger partial charge is 0.387 e. The number of hydrogen-bond donors (Lipinski definition) is 3. The second-order valence-electron chi connectivity index (χ2n) is 8.04. The molecule has 1 amide bonds. The molecule has 1 saturated heterocycles. The Kier molecular flexibility index (Phi) is 11.4. The monoisotopic (exact) mass is 431 g/mol. The van der Waals surface area contributed by atoms with E-state index in [0.717, 1.165) is 63.7 Å². The van der Waals surface area contributed by atoms with Gasteiger partial charge in [-0.25, -0.2) is 0 Å². The average Bonchev–Trinajstić information content (AvgIpc) is 2.68. The zero-order valence-electron chi connectivity index (χ0n) is 16.5. The second kappa shape index (κ2) is 12.7. The topological polar surface area (TPSA) is 78.6 Å². The number of β-amino-alcohol motifs (C(OH)–C–C–N with tert-alkyl or cyclic N) is 1. The van der Waals surface area contributed by atoms with E-state index in [1.54, 1.807) is 0 Å². The fourth-order valence-electron chi connectivity index (χ4n) is 4.25. The van der Waals surface area contributed by atoms with Crippen LogP contribution in [0.2, 0.25) is 0 Å². The molecule has 1 saturated carbocycles. The molecule has 4 N–H and O–H groups in total. The smallest absolute Gasteiger partial charge is 0.223 e. The number of carbonyl (C=O) groups is 1. The van der Waals surface area contributed by atoms with Crippen LogP contribution in [0.1, 0.15) is 50.2 Å². The Labute approximate surface area is 181 Å². The minimum Gasteiger partial charge on any atom is -0.387 e. The number of nitrogens with zero attached hydrogens (tertiary/aromatic N) is 1. The third kappa shape index (κ3) is 7.53. The third-order valence-corrected chi connectivity index (χ3v) is 5.97. The number of hydrogen-bond acceptors (Lipinski definition) is 4. The van der Waals surface area contributed by atoms with Crippen molar-refractivity contribution in [2.75, 3.05) is 26.2 Å². The normalized spacial score (nSPS) is 24.5. The standard InChI is InChI=1S/C21H33N3O2.2ClH/c22-19-8-4-7-18(13-19)21(26)23-14-16-9-11-24(12-10-16)15-20(25)17-5-2-1-3-6-17;;/h1-3,5-6,16,18-20,25H,4,7-15,22H2,(H,23,26);2*1H. The first-order valence-electron chi connectivity index (χ1n) is 10.1. The van der Waals surface area contributed by atoms with Crippen LogP contribution in [0, 0.1) is 11.8 Å². The van der Waals surface area contributed by atoms with E-state index >= 15 is 0 Å². The van der Waals surface area contributed by atoms with Crippen molar-refractivity contribution in [1.29, 1.82) is 0 Å². The fraction of sp³-hybridized carbons (Fsp3) is 0.667. The highest BCUT2D eigenvalue weighted by molar-refractivity contribution is 5.85. The van der Waals surface area contributed by atoms with Gasteiger partial charge in [0.15, 0.2) is 0 Å². The molecule has 1 aliphatic heterocycles. The van der Waals surface area contributed by atoms with E-state index in [0.29, 0.717) is 12.5 Å². The summed E-state index contributed by atoms with van der Waals surface area (Å²) in [7, 11) is 0. The van der Waals surface area contributed by atoms with Gasteiger partial charge in [-0.3, -0.25) is 4.79 Å². The Hall–Kier alpha value is -0.850. The highest BCUT2D eigenvalue weighted by atomic mass is 35.5. The van der Waals surface area contributed by atoms with Crippen molar-refractivity contribution in [1.82, 2.24) is 10.2 Å². The first-order chi connectivity index (χ1) is 12.6. The fourth-order valence-corrected chi connectivity index (χ4v) is 4.25. The molecule has 2 fully saturated rings. The van der Waals surface area contributed by atoms with Gasteiger partial charge in [0.2, 0.25) is 5.91 Å². The number of nitrogens with one attached hydrogen (secondary N) is 1. The first-order valence-corrected chi connectivity index (χ1v) is 10.1. The van der Waals surface area contributed by atoms with Gasteiger partial charge in [-0.2, -0.15) is 0 Å². The number of carbonyl (C=O) groups excluding carboxylic acids is 1. The lowest BCUT2D eigenvalue weighted by Crippen LogP contribution is -2.42. The summed E-state index contributed by atoms with van der Waals surface area (Å²) in [6.07, 6.45) is 5.66. The maximum atomic E-state index is 12.3. The van der Waals surface area contributed by atoms with E-state index < -0.39 is 6.10 Å². The highest BCUT2D eigenvalue weighted by Gasteiger charge is 2.27. The molecule has 0 radical (unpaired) electrons. The van der Waals surface area contributed by atoms with Gasteiger partial charge in [0.1, 0.15) is 0 Å². The summed E-state index contributed by atoms with van der Waals surface area (Å²) in [5.41, 5.74) is 6.97. The van der Waals surface area contributed by atoms with Crippen LogP contribution >= 0.6 is 24.8 Å². The van der Waals surface area contributed by atoms with Crippen molar-refractivity contribution in [2.24, 2.45) is 17.6 Å². The Balaban J connectivity index is 0.00000196. The second-order valence-corrected chi connectivity index (χ2v) is 8.04. The summed E-state index contributed by atoms with van der Waals surface area (Å²) in [6, 6.07) is 10.0. The molecule has 3 atom stereocenters. The average molecular weight is 432 g/mol. The molecule has 1 aliphatic carbocycles. The van der Waals surface area contributed by atoms with Crippen molar-refractivity contribution in [2.45, 2.75) is 50.7 Å². The highest BCUT2D eigenvalue weighted by Crippen LogP contribution is 2.24. The van der Waals surface area contributed by atoms with E-state index in [-0.39, 0.29) is 42.7 Å². The molecule has 3 unspecified atom stereocenters. The van der Waals surface area contributed by atoms with Gasteiger partial charge in [0.05, 0.1) is 6.10 Å². The Morgan fingerprint density at radius 3 is 2.46 bits per heavy atom. The zero-order chi connectivity index (χ0) is 18.4. The minimum atomic E-state index is -0.428. The molecule has 1 heterocycles. The van der Waals surface area contributed by atoms with Gasteiger partial charge in [-0.1, -0.05) is 36.8 Å². The number of aliphatic hydroxyl groups excluding tert-OH is 1. The SMILES string of the molecule is Cl.Cl.NC1CCCC(C(=O)NCC2CCN(CC(O)c3ccccc3)CC2)C1. The number of nitrogens with two attached hydrogens (primary N) is 1. The third-order valence-electron chi connectivity index (χ3n) is 5.97. The van der Waals surface area contributed by atoms with Crippen LogP contribution in [0.5, 0.6) is 0 Å². The van der Waals surface area contributed by atoms with Crippen LogP contribution in [0.25, 0.3) is 0 Å². The van der Waals surface area contributed by atoms with Crippen molar-refractivity contribution in [3.05, 3.63) is 35.9 Å². The summed E-state index contributed by atoms with van der Waals surface area (Å²) >= 11 is 0. The maximum absolute atomic E-state index is 12.3. The van der Waals surface area contributed by atoms with Gasteiger partial charge in [-0.05, 0) is 56.7 Å². The van der Waals surface area contributed by atoms with Gasteiger partial charge in [-0.15, -0.1) is 24.8 Å². The van der Waals surface area contributed by atoms with Crippen LogP contribution < -0.4 is 11.1 Å². The molecule has 0 aromatic heterocycles. The lowest BCUT2D eigenvalue weighted by Gasteiger charge is -2.33. The zero-order valence-corrected chi connectivity index (χ0v) is 18.1. The van der Waals surface area contributed by atoms with Crippen LogP contribution in [0.4, 0.5) is 0 Å². The van der Waals surface area contributed by atoms with E-state index in [1.807, 2.05) is 30.3 Å². The first kappa shape index (κ1) is 25.2. The Bertz CT molecular complexity index is 568. The van der Waals surface area contributed by atoms with E-state index in [2.05, 4.69) is 10.2 Å². The molecular weight excluding hydrogens is 397 g/mol. The molecule has 160 valence electrons. The molecule has 0 bridgehead atoms. The van der Waals surface area contributed by atoms with Crippen LogP contribution in [0.15, 0.2) is 30.3 Å². The number of benzene rings is 1. The summed E-state index contributed by atoms with van der Waals surface area (Å²) in [5, 5.41) is 13.5. The Morgan fingerprint density at radius 2 is 1.82 bits per heavy atom. The molecule has 0 spiro atoms. The summed E-state index contributed by atoms with van der Waals surface area (Å²) in [6.45, 7) is 3.43. The van der Waals surface area contributed by atoms with E-state index in [4.69, 9.17) is 5.73 Å². The predicted octanol–water partition coefficient (Wildman–Crippen LogP) is 2.91. The van der Waals surface area contributed by atoms with E-state index in [9.17, 15) is 9.90 Å². The minimum absolute atomic E-state index is 0. The molecule has 1 aromatic carbocycles. The van der Waals surface area contributed by atoms with Crippen LogP contribution in [0.3, 0.4) is 0 Å². The number of rotatable bonds is 6. The molecule has 7 heteroatoms. The number of halogens is 2. The van der Waals surface area contributed by atoms with Gasteiger partial charge in [0.25, 0.3) is 0 Å². The molecule has 5 nitrogen and oxygen atoms in total. The number of piperidine rings is 1. The Morgan fingerprint density at radius 1 is 1.14 bits per heavy atom. The lowest BCUT2D eigenvalue weighted by molar-refractivity contribution is -0.126. The van der Waals surface area contributed by atoms with Crippen LogP contribution in [-0.2, 0) is 4.79 Å². The van der Waals surface area contributed by atoms with Gasteiger partial charge < -0.3 is 21.1 Å². The van der Waals surface area contributed by atoms with Crippen molar-refractivity contribution in [3.63, 3.8) is 0 Å². The maximum Gasteiger partial charge on any atom is 0.223 e. The molecular formula is C21H35Cl2N3O2. The number of amides is 1. The number of aliphatic hydroxyl groups is 1. The molecule has 28 heavy (non-hydrogen) atoms. The molecule has 3 rings (SSSR count). The van der Waals surface area contributed by atoms with Gasteiger partial charge >= 0.3 is 0 Å². The van der Waals surface area contributed by atoms with Crippen molar-refractivity contribution in [3.8, 4) is 0 Å². The van der Waals surface area contributed by atoms with Crippen LogP contribution in [-0.4, -0.2) is 48.1 Å². The summed E-state index contributed by atoms with van der Waals surface area (Å²) in [5.74, 6) is 0.850. The van der Waals surface area contributed by atoms with Crippen molar-refractivity contribution < 1.29 is 9.90 Å². The summed E-state index contributed by atoms with van der Waals surface area (Å²) in [4.78, 5) is 14.7. The lowest BCUT2D eigenvalue weighted by atomic mass is 9.85. The predicted molar refractivity (Wildman–Crippen MR) is 118 cm³/mol. The van der Waals surface area contributed by atoms with E-state index in [1.165, 1.54) is 0 Å². The quantitative estimate of drug-likeness (QED) is 0.646.